The van der Waals surface area contributed by atoms with Crippen molar-refractivity contribution in [2.75, 3.05) is 0 Å². The van der Waals surface area contributed by atoms with Crippen LogP contribution in [0.25, 0.3) is 0 Å². The first-order valence-corrected chi connectivity index (χ1v) is 5.31. The SMILES string of the molecule is CCCC(O)N1Cc2ccccc2C1=O. The van der Waals surface area contributed by atoms with Crippen molar-refractivity contribution in [2.24, 2.45) is 0 Å². The monoisotopic (exact) mass is 205 g/mol. The van der Waals surface area contributed by atoms with E-state index in [9.17, 15) is 9.90 Å². The lowest BCUT2D eigenvalue weighted by Gasteiger charge is -2.22. The number of benzene rings is 1. The van der Waals surface area contributed by atoms with Crippen molar-refractivity contribution in [3.63, 3.8) is 0 Å². The Labute approximate surface area is 89.3 Å². The molecule has 0 aromatic heterocycles. The Bertz CT molecular complexity index is 376. The maximum Gasteiger partial charge on any atom is 0.256 e. The van der Waals surface area contributed by atoms with Crippen LogP contribution >= 0.6 is 0 Å². The number of nitrogens with zero attached hydrogens (tertiary/aromatic N) is 1. The van der Waals surface area contributed by atoms with Crippen molar-refractivity contribution in [1.82, 2.24) is 4.90 Å². The summed E-state index contributed by atoms with van der Waals surface area (Å²) in [5, 5.41) is 9.80. The molecule has 1 aliphatic rings. The van der Waals surface area contributed by atoms with Gasteiger partial charge in [-0.3, -0.25) is 4.79 Å². The molecule has 1 N–H and O–H groups in total. The molecule has 0 radical (unpaired) electrons. The Balaban J connectivity index is 2.20. The van der Waals surface area contributed by atoms with E-state index in [0.29, 0.717) is 13.0 Å². The van der Waals surface area contributed by atoms with Crippen molar-refractivity contribution in [1.29, 1.82) is 0 Å². The number of fused-ring (bicyclic) bond motifs is 1. The highest BCUT2D eigenvalue weighted by Crippen LogP contribution is 2.24. The van der Waals surface area contributed by atoms with E-state index in [2.05, 4.69) is 0 Å². The van der Waals surface area contributed by atoms with Gasteiger partial charge < -0.3 is 10.0 Å². The van der Waals surface area contributed by atoms with Crippen molar-refractivity contribution >= 4 is 5.91 Å². The molecule has 1 aliphatic heterocycles. The molecule has 1 atom stereocenters. The van der Waals surface area contributed by atoms with E-state index in [-0.39, 0.29) is 5.91 Å². The van der Waals surface area contributed by atoms with Crippen LogP contribution in [0.3, 0.4) is 0 Å². The Morgan fingerprint density at radius 2 is 2.20 bits per heavy atom. The van der Waals surface area contributed by atoms with Crippen LogP contribution in [0.1, 0.15) is 35.7 Å². The molecule has 1 aromatic rings. The zero-order valence-corrected chi connectivity index (χ0v) is 8.81. The summed E-state index contributed by atoms with van der Waals surface area (Å²) in [6, 6.07) is 7.52. The van der Waals surface area contributed by atoms with E-state index in [1.807, 2.05) is 31.2 Å². The second kappa shape index (κ2) is 4.03. The van der Waals surface area contributed by atoms with Crippen molar-refractivity contribution in [3.05, 3.63) is 35.4 Å². The molecule has 0 aliphatic carbocycles. The summed E-state index contributed by atoms with van der Waals surface area (Å²) in [6.07, 6.45) is 0.871. The number of amides is 1. The molecule has 1 amide bonds. The van der Waals surface area contributed by atoms with Gasteiger partial charge in [-0.05, 0) is 18.1 Å². The van der Waals surface area contributed by atoms with Crippen LogP contribution in [0.5, 0.6) is 0 Å². The van der Waals surface area contributed by atoms with Gasteiger partial charge in [0.25, 0.3) is 5.91 Å². The number of carbonyl (C=O) groups is 1. The lowest BCUT2D eigenvalue weighted by atomic mass is 10.1. The third-order valence-corrected chi connectivity index (χ3v) is 2.76. The minimum Gasteiger partial charge on any atom is -0.374 e. The molecular weight excluding hydrogens is 190 g/mol. The summed E-state index contributed by atoms with van der Waals surface area (Å²) in [5.41, 5.74) is 1.74. The molecule has 80 valence electrons. The molecule has 0 bridgehead atoms. The number of carbonyl (C=O) groups excluding carboxylic acids is 1. The Hall–Kier alpha value is -1.35. The fraction of sp³-hybridized carbons (Fsp3) is 0.417. The minimum atomic E-state index is -0.644. The van der Waals surface area contributed by atoms with Gasteiger partial charge in [0.1, 0.15) is 6.23 Å². The molecule has 2 rings (SSSR count). The van der Waals surface area contributed by atoms with E-state index in [1.54, 1.807) is 0 Å². The first-order chi connectivity index (χ1) is 7.24. The Kier molecular flexibility index (Phi) is 2.73. The van der Waals surface area contributed by atoms with Gasteiger partial charge in [-0.15, -0.1) is 0 Å². The second-order valence-corrected chi connectivity index (χ2v) is 3.86. The van der Waals surface area contributed by atoms with Crippen LogP contribution in [-0.4, -0.2) is 22.1 Å². The molecule has 1 aromatic carbocycles. The van der Waals surface area contributed by atoms with Crippen LogP contribution in [0, 0.1) is 0 Å². The van der Waals surface area contributed by atoms with E-state index >= 15 is 0 Å². The van der Waals surface area contributed by atoms with Gasteiger partial charge in [0.2, 0.25) is 0 Å². The molecule has 3 heteroatoms. The van der Waals surface area contributed by atoms with E-state index in [4.69, 9.17) is 0 Å². The van der Waals surface area contributed by atoms with Gasteiger partial charge in [0.05, 0.1) is 0 Å². The van der Waals surface area contributed by atoms with Crippen molar-refractivity contribution in [3.8, 4) is 0 Å². The van der Waals surface area contributed by atoms with Crippen LogP contribution in [0.2, 0.25) is 0 Å². The Morgan fingerprint density at radius 3 is 2.87 bits per heavy atom. The zero-order chi connectivity index (χ0) is 10.8. The molecule has 1 heterocycles. The highest BCUT2D eigenvalue weighted by molar-refractivity contribution is 5.98. The fourth-order valence-corrected chi connectivity index (χ4v) is 1.93. The average Bonchev–Trinajstić information content (AvgIpc) is 2.57. The molecular formula is C12H15NO2. The standard InChI is InChI=1S/C12H15NO2/c1-2-5-11(14)13-8-9-6-3-4-7-10(9)12(13)15/h3-4,6-7,11,14H,2,5,8H2,1H3. The molecule has 1 unspecified atom stereocenters. The number of rotatable bonds is 3. The summed E-state index contributed by atoms with van der Waals surface area (Å²) in [5.74, 6) is -0.0495. The van der Waals surface area contributed by atoms with E-state index in [0.717, 1.165) is 17.5 Å². The zero-order valence-electron chi connectivity index (χ0n) is 8.81. The van der Waals surface area contributed by atoms with Gasteiger partial charge in [0.15, 0.2) is 0 Å². The highest BCUT2D eigenvalue weighted by atomic mass is 16.3. The number of aliphatic hydroxyl groups excluding tert-OH is 1. The maximum atomic E-state index is 11.9. The van der Waals surface area contributed by atoms with Crippen molar-refractivity contribution in [2.45, 2.75) is 32.5 Å². The highest BCUT2D eigenvalue weighted by Gasteiger charge is 2.30. The van der Waals surface area contributed by atoms with Crippen LogP contribution in [0.15, 0.2) is 24.3 Å². The lowest BCUT2D eigenvalue weighted by molar-refractivity contribution is 0.00440. The summed E-state index contributed by atoms with van der Waals surface area (Å²) >= 11 is 0. The summed E-state index contributed by atoms with van der Waals surface area (Å²) in [4.78, 5) is 13.4. The molecule has 15 heavy (non-hydrogen) atoms. The molecule has 0 fully saturated rings. The third kappa shape index (κ3) is 1.75. The van der Waals surface area contributed by atoms with Gasteiger partial charge >= 0.3 is 0 Å². The van der Waals surface area contributed by atoms with E-state index in [1.165, 1.54) is 4.90 Å². The van der Waals surface area contributed by atoms with Crippen molar-refractivity contribution < 1.29 is 9.90 Å². The normalized spacial score (nSPS) is 16.7. The second-order valence-electron chi connectivity index (χ2n) is 3.86. The van der Waals surface area contributed by atoms with Crippen LogP contribution in [-0.2, 0) is 6.54 Å². The predicted molar refractivity (Wildman–Crippen MR) is 57.2 cm³/mol. The summed E-state index contributed by atoms with van der Waals surface area (Å²) in [6.45, 7) is 2.53. The topological polar surface area (TPSA) is 40.5 Å². The molecule has 0 saturated carbocycles. The van der Waals surface area contributed by atoms with Gasteiger partial charge in [-0.25, -0.2) is 0 Å². The smallest absolute Gasteiger partial charge is 0.256 e. The number of hydrogen-bond donors (Lipinski definition) is 1. The quantitative estimate of drug-likeness (QED) is 0.816. The molecule has 0 saturated heterocycles. The molecule has 3 nitrogen and oxygen atoms in total. The summed E-state index contributed by atoms with van der Waals surface area (Å²) < 4.78 is 0. The predicted octanol–water partition coefficient (Wildman–Crippen LogP) is 1.76. The Morgan fingerprint density at radius 1 is 1.47 bits per heavy atom. The third-order valence-electron chi connectivity index (χ3n) is 2.76. The largest absolute Gasteiger partial charge is 0.374 e. The first kappa shape index (κ1) is 10.2. The lowest BCUT2D eigenvalue weighted by Crippen LogP contribution is -2.35. The van der Waals surface area contributed by atoms with Gasteiger partial charge in [0, 0.05) is 12.1 Å². The average molecular weight is 205 g/mol. The van der Waals surface area contributed by atoms with Gasteiger partial charge in [-0.1, -0.05) is 31.5 Å². The maximum absolute atomic E-state index is 11.9. The number of aliphatic hydroxyl groups is 1. The van der Waals surface area contributed by atoms with Crippen LogP contribution in [0.4, 0.5) is 0 Å². The van der Waals surface area contributed by atoms with E-state index < -0.39 is 6.23 Å². The minimum absolute atomic E-state index is 0.0495. The summed E-state index contributed by atoms with van der Waals surface area (Å²) in [7, 11) is 0. The fourth-order valence-electron chi connectivity index (χ4n) is 1.93. The van der Waals surface area contributed by atoms with Crippen LogP contribution < -0.4 is 0 Å². The first-order valence-electron chi connectivity index (χ1n) is 5.31. The van der Waals surface area contributed by atoms with Gasteiger partial charge in [-0.2, -0.15) is 0 Å². The molecule has 0 spiro atoms. The number of hydrogen-bond acceptors (Lipinski definition) is 2.